The van der Waals surface area contributed by atoms with Crippen LogP contribution in [0.2, 0.25) is 0 Å². The van der Waals surface area contributed by atoms with Crippen LogP contribution < -0.4 is 11.1 Å². The summed E-state index contributed by atoms with van der Waals surface area (Å²) >= 11 is 4.60. The van der Waals surface area contributed by atoms with E-state index in [1.54, 1.807) is 12.4 Å². The highest BCUT2D eigenvalue weighted by Crippen LogP contribution is 1.96. The van der Waals surface area contributed by atoms with E-state index in [0.29, 0.717) is 5.95 Å². The average Bonchev–Trinajstić information content (AvgIpc) is 1.93. The molecule has 0 aliphatic heterocycles. The number of nitrogens with one attached hydrogen (secondary N) is 1. The van der Waals surface area contributed by atoms with Crippen LogP contribution in [-0.2, 0) is 0 Å². The van der Waals surface area contributed by atoms with Crippen LogP contribution in [-0.4, -0.2) is 15.1 Å². The van der Waals surface area contributed by atoms with Gasteiger partial charge in [-0.3, -0.25) is 0 Å². The van der Waals surface area contributed by atoms with Gasteiger partial charge in [-0.2, -0.15) is 0 Å². The fourth-order valence-electron chi connectivity index (χ4n) is 0.567. The first kappa shape index (κ1) is 7.87. The second-order valence-corrected chi connectivity index (χ2v) is 2.51. The molecule has 0 atom stereocenters. The number of aryl methyl sites for hydroxylation is 1. The lowest BCUT2D eigenvalue weighted by atomic mass is 10.4. The third-order valence-electron chi connectivity index (χ3n) is 1.02. The van der Waals surface area contributed by atoms with Crippen LogP contribution in [0.5, 0.6) is 0 Å². The molecule has 0 radical (unpaired) electrons. The van der Waals surface area contributed by atoms with Crippen LogP contribution in [0.4, 0.5) is 5.95 Å². The molecule has 0 amide bonds. The smallest absolute Gasteiger partial charge is 0.228 e. The molecule has 0 bridgehead atoms. The number of anilines is 1. The maximum absolute atomic E-state index is 5.20. The summed E-state index contributed by atoms with van der Waals surface area (Å²) in [4.78, 5) is 7.86. The highest BCUT2D eigenvalue weighted by molar-refractivity contribution is 7.80. The first-order valence-corrected chi connectivity index (χ1v) is 3.44. The standard InChI is InChI=1S/C6H8N4S/c1-4-2-8-6(9-3-4)10-5(7)11/h2-3H,1H3,(H3,7,8,9,10,11). The van der Waals surface area contributed by atoms with Gasteiger partial charge in [-0.25, -0.2) is 9.97 Å². The number of nitrogens with zero attached hydrogens (tertiary/aromatic N) is 2. The van der Waals surface area contributed by atoms with Crippen molar-refractivity contribution in [2.75, 3.05) is 5.32 Å². The van der Waals surface area contributed by atoms with Gasteiger partial charge in [-0.05, 0) is 24.7 Å². The molecule has 0 unspecified atom stereocenters. The number of aromatic nitrogens is 2. The van der Waals surface area contributed by atoms with Crippen LogP contribution in [0, 0.1) is 6.92 Å². The Morgan fingerprint density at radius 3 is 2.55 bits per heavy atom. The minimum atomic E-state index is 0.175. The Hall–Kier alpha value is -1.23. The lowest BCUT2D eigenvalue weighted by Gasteiger charge is -1.99. The van der Waals surface area contributed by atoms with Crippen molar-refractivity contribution in [1.82, 2.24) is 9.97 Å². The highest BCUT2D eigenvalue weighted by atomic mass is 32.1. The molecular formula is C6H8N4S. The van der Waals surface area contributed by atoms with Gasteiger partial charge in [-0.15, -0.1) is 0 Å². The zero-order valence-electron chi connectivity index (χ0n) is 6.03. The van der Waals surface area contributed by atoms with Gasteiger partial charge in [0.25, 0.3) is 0 Å². The minimum absolute atomic E-state index is 0.175. The number of hydrogen-bond acceptors (Lipinski definition) is 3. The predicted molar refractivity (Wildman–Crippen MR) is 47.2 cm³/mol. The Kier molecular flexibility index (Phi) is 2.32. The SMILES string of the molecule is Cc1cnc(NC(N)=S)nc1. The van der Waals surface area contributed by atoms with Crippen LogP contribution in [0.3, 0.4) is 0 Å². The Labute approximate surface area is 69.8 Å². The van der Waals surface area contributed by atoms with E-state index in [1.807, 2.05) is 6.92 Å². The van der Waals surface area contributed by atoms with Gasteiger partial charge >= 0.3 is 0 Å². The first-order valence-electron chi connectivity index (χ1n) is 3.03. The Balaban J connectivity index is 2.74. The molecule has 11 heavy (non-hydrogen) atoms. The van der Waals surface area contributed by atoms with E-state index in [0.717, 1.165) is 5.56 Å². The second-order valence-electron chi connectivity index (χ2n) is 2.07. The molecule has 0 saturated carbocycles. The Bertz CT molecular complexity index is 256. The van der Waals surface area contributed by atoms with E-state index in [4.69, 9.17) is 5.73 Å². The van der Waals surface area contributed by atoms with Crippen molar-refractivity contribution < 1.29 is 0 Å². The quantitative estimate of drug-likeness (QED) is 0.596. The van der Waals surface area contributed by atoms with E-state index in [-0.39, 0.29) is 5.11 Å². The van der Waals surface area contributed by atoms with E-state index in [1.165, 1.54) is 0 Å². The van der Waals surface area contributed by atoms with Crippen molar-refractivity contribution in [3.05, 3.63) is 18.0 Å². The molecule has 0 spiro atoms. The monoisotopic (exact) mass is 168 g/mol. The third kappa shape index (κ3) is 2.46. The summed E-state index contributed by atoms with van der Waals surface area (Å²) in [5, 5.41) is 2.79. The summed E-state index contributed by atoms with van der Waals surface area (Å²) in [6, 6.07) is 0. The molecule has 1 aromatic rings. The Morgan fingerprint density at radius 2 is 2.09 bits per heavy atom. The number of rotatable bonds is 1. The van der Waals surface area contributed by atoms with Gasteiger partial charge in [0.05, 0.1) is 0 Å². The van der Waals surface area contributed by atoms with Gasteiger partial charge in [0.1, 0.15) is 0 Å². The number of hydrogen-bond donors (Lipinski definition) is 2. The topological polar surface area (TPSA) is 63.8 Å². The van der Waals surface area contributed by atoms with Crippen molar-refractivity contribution in [3.63, 3.8) is 0 Å². The molecule has 0 aliphatic rings. The molecule has 0 fully saturated rings. The zero-order chi connectivity index (χ0) is 8.27. The Morgan fingerprint density at radius 1 is 1.55 bits per heavy atom. The van der Waals surface area contributed by atoms with Crippen molar-refractivity contribution >= 4 is 23.3 Å². The summed E-state index contributed by atoms with van der Waals surface area (Å²) in [7, 11) is 0. The van der Waals surface area contributed by atoms with E-state index in [9.17, 15) is 0 Å². The third-order valence-corrected chi connectivity index (χ3v) is 1.12. The molecular weight excluding hydrogens is 160 g/mol. The zero-order valence-corrected chi connectivity index (χ0v) is 6.85. The van der Waals surface area contributed by atoms with E-state index >= 15 is 0 Å². The lowest BCUT2D eigenvalue weighted by Crippen LogP contribution is -2.20. The average molecular weight is 168 g/mol. The van der Waals surface area contributed by atoms with Crippen LogP contribution in [0.25, 0.3) is 0 Å². The minimum Gasteiger partial charge on any atom is -0.376 e. The highest BCUT2D eigenvalue weighted by Gasteiger charge is 1.93. The van der Waals surface area contributed by atoms with Gasteiger partial charge in [0.15, 0.2) is 5.11 Å². The number of nitrogens with two attached hydrogens (primary N) is 1. The molecule has 58 valence electrons. The van der Waals surface area contributed by atoms with Gasteiger partial charge < -0.3 is 11.1 Å². The molecule has 3 N–H and O–H groups in total. The van der Waals surface area contributed by atoms with Gasteiger partial charge in [0.2, 0.25) is 5.95 Å². The normalized spacial score (nSPS) is 9.18. The van der Waals surface area contributed by atoms with Crippen molar-refractivity contribution in [3.8, 4) is 0 Å². The van der Waals surface area contributed by atoms with E-state index < -0.39 is 0 Å². The molecule has 1 aromatic heterocycles. The maximum atomic E-state index is 5.20. The largest absolute Gasteiger partial charge is 0.376 e. The summed E-state index contributed by atoms with van der Waals surface area (Å²) in [6.07, 6.45) is 3.38. The summed E-state index contributed by atoms with van der Waals surface area (Å²) in [6.45, 7) is 1.91. The number of thiocarbonyl (C=S) groups is 1. The fourth-order valence-corrected chi connectivity index (χ4v) is 0.659. The predicted octanol–water partition coefficient (Wildman–Crippen LogP) is 0.441. The van der Waals surface area contributed by atoms with Crippen LogP contribution in [0.1, 0.15) is 5.56 Å². The van der Waals surface area contributed by atoms with Gasteiger partial charge in [-0.1, -0.05) is 0 Å². The van der Waals surface area contributed by atoms with Crippen molar-refractivity contribution in [2.45, 2.75) is 6.92 Å². The molecule has 1 rings (SSSR count). The summed E-state index contributed by atoms with van der Waals surface area (Å²) in [5.74, 6) is 0.433. The molecule has 1 heterocycles. The van der Waals surface area contributed by atoms with Crippen LogP contribution >= 0.6 is 12.2 Å². The molecule has 5 heteroatoms. The van der Waals surface area contributed by atoms with E-state index in [2.05, 4.69) is 27.5 Å². The second kappa shape index (κ2) is 3.25. The molecule has 0 aromatic carbocycles. The molecule has 4 nitrogen and oxygen atoms in total. The fraction of sp³-hybridized carbons (Fsp3) is 0.167. The van der Waals surface area contributed by atoms with Crippen LogP contribution in [0.15, 0.2) is 12.4 Å². The molecule has 0 saturated heterocycles. The lowest BCUT2D eigenvalue weighted by molar-refractivity contribution is 1.14. The van der Waals surface area contributed by atoms with Crippen molar-refractivity contribution in [2.24, 2.45) is 5.73 Å². The summed E-state index contributed by atoms with van der Waals surface area (Å²) < 4.78 is 0. The summed E-state index contributed by atoms with van der Waals surface area (Å²) in [5.41, 5.74) is 6.20. The first-order chi connectivity index (χ1) is 5.18. The van der Waals surface area contributed by atoms with Crippen molar-refractivity contribution in [1.29, 1.82) is 0 Å². The molecule has 0 aliphatic carbocycles. The maximum Gasteiger partial charge on any atom is 0.228 e. The van der Waals surface area contributed by atoms with Gasteiger partial charge in [0, 0.05) is 12.4 Å².